The predicted molar refractivity (Wildman–Crippen MR) is 122 cm³/mol. The van der Waals surface area contributed by atoms with Gasteiger partial charge in [-0.05, 0) is 35.2 Å². The van der Waals surface area contributed by atoms with E-state index < -0.39 is 40.2 Å². The molecule has 0 radical (unpaired) electrons. The van der Waals surface area contributed by atoms with Crippen LogP contribution < -0.4 is 10.9 Å². The minimum absolute atomic E-state index is 0.00950. The Balaban J connectivity index is 1.90. The van der Waals surface area contributed by atoms with Crippen molar-refractivity contribution >= 4 is 17.6 Å². The van der Waals surface area contributed by atoms with Gasteiger partial charge in [-0.2, -0.15) is 5.10 Å². The molecule has 2 aromatic carbocycles. The van der Waals surface area contributed by atoms with Crippen LogP contribution in [0.15, 0.2) is 53.3 Å². The molecule has 1 amide bonds. The highest BCUT2D eigenvalue weighted by Gasteiger charge is 2.23. The molecule has 0 fully saturated rings. The summed E-state index contributed by atoms with van der Waals surface area (Å²) in [5.74, 6) is -2.84. The van der Waals surface area contributed by atoms with Crippen LogP contribution in [0.4, 0.5) is 5.69 Å². The summed E-state index contributed by atoms with van der Waals surface area (Å²) in [6.45, 7) is 1.15. The number of rotatable bonds is 9. The maximum absolute atomic E-state index is 12.9. The van der Waals surface area contributed by atoms with Gasteiger partial charge in [0.2, 0.25) is 0 Å². The van der Waals surface area contributed by atoms with E-state index in [4.69, 9.17) is 5.11 Å². The van der Waals surface area contributed by atoms with E-state index in [1.54, 1.807) is 36.4 Å². The Kier molecular flexibility index (Phi) is 7.36. The van der Waals surface area contributed by atoms with Gasteiger partial charge in [-0.25, -0.2) is 4.68 Å². The van der Waals surface area contributed by atoms with E-state index in [0.717, 1.165) is 15.8 Å². The molecule has 0 bridgehead atoms. The maximum atomic E-state index is 12.9. The van der Waals surface area contributed by atoms with E-state index in [-0.39, 0.29) is 17.9 Å². The van der Waals surface area contributed by atoms with E-state index in [0.29, 0.717) is 18.4 Å². The first-order valence-electron chi connectivity index (χ1n) is 10.4. The number of nitrogens with zero attached hydrogens (tertiary/aromatic N) is 3. The molecule has 3 rings (SSSR count). The van der Waals surface area contributed by atoms with Gasteiger partial charge in [0.15, 0.2) is 5.75 Å². The molecule has 0 saturated heterocycles. The van der Waals surface area contributed by atoms with Crippen molar-refractivity contribution in [3.8, 4) is 16.9 Å². The minimum atomic E-state index is -1.29. The van der Waals surface area contributed by atoms with Crippen LogP contribution in [0.2, 0.25) is 0 Å². The van der Waals surface area contributed by atoms with Crippen molar-refractivity contribution in [3.63, 3.8) is 0 Å². The number of nitro groups is 1. The topological polar surface area (TPSA) is 165 Å². The van der Waals surface area contributed by atoms with Crippen molar-refractivity contribution in [2.45, 2.75) is 26.3 Å². The summed E-state index contributed by atoms with van der Waals surface area (Å²) in [5.41, 5.74) is 1.02. The molecule has 0 saturated carbocycles. The number of hydrogen-bond acceptors (Lipinski definition) is 7. The van der Waals surface area contributed by atoms with E-state index in [1.807, 2.05) is 6.92 Å². The van der Waals surface area contributed by atoms with Crippen molar-refractivity contribution in [3.05, 3.63) is 85.8 Å². The number of carbonyl (C=O) groups is 2. The molecule has 1 heterocycles. The molecular weight excluding hydrogens is 444 g/mol. The molecule has 1 aromatic heterocycles. The van der Waals surface area contributed by atoms with Crippen molar-refractivity contribution in [2.75, 3.05) is 6.54 Å². The molecule has 0 spiro atoms. The molecule has 34 heavy (non-hydrogen) atoms. The van der Waals surface area contributed by atoms with Crippen molar-refractivity contribution in [2.24, 2.45) is 0 Å². The van der Waals surface area contributed by atoms with Crippen molar-refractivity contribution in [1.29, 1.82) is 0 Å². The fraction of sp³-hybridized carbons (Fsp3) is 0.217. The number of carbonyl (C=O) groups excluding carboxylic acids is 1. The number of aromatic nitrogens is 2. The maximum Gasteiger partial charge on any atom is 0.322 e. The van der Waals surface area contributed by atoms with Gasteiger partial charge in [-0.3, -0.25) is 24.5 Å². The molecule has 3 aromatic rings. The lowest BCUT2D eigenvalue weighted by Crippen LogP contribution is -2.37. The van der Waals surface area contributed by atoms with Crippen LogP contribution in [0.5, 0.6) is 5.75 Å². The monoisotopic (exact) mass is 466 g/mol. The molecule has 0 aliphatic carbocycles. The van der Waals surface area contributed by atoms with Gasteiger partial charge in [0.05, 0.1) is 11.5 Å². The van der Waals surface area contributed by atoms with Gasteiger partial charge < -0.3 is 15.5 Å². The molecule has 0 atom stereocenters. The van der Waals surface area contributed by atoms with E-state index in [1.165, 1.54) is 12.1 Å². The number of non-ortho nitro benzene ring substituents is 1. The third kappa shape index (κ3) is 5.44. The Bertz CT molecular complexity index is 1280. The number of nitrogens with one attached hydrogen (secondary N) is 1. The van der Waals surface area contributed by atoms with Crippen LogP contribution in [0, 0.1) is 10.1 Å². The second kappa shape index (κ2) is 10.4. The van der Waals surface area contributed by atoms with Crippen LogP contribution in [0.25, 0.3) is 11.1 Å². The zero-order valence-corrected chi connectivity index (χ0v) is 18.2. The van der Waals surface area contributed by atoms with Gasteiger partial charge in [0.1, 0.15) is 17.8 Å². The lowest BCUT2D eigenvalue weighted by molar-refractivity contribution is -0.384. The average Bonchev–Trinajstić information content (AvgIpc) is 2.81. The molecule has 0 unspecified atom stereocenters. The summed E-state index contributed by atoms with van der Waals surface area (Å²) in [6.07, 6.45) is 0.906. The van der Waals surface area contributed by atoms with Crippen LogP contribution in [0.3, 0.4) is 0 Å². The summed E-state index contributed by atoms with van der Waals surface area (Å²) in [5, 5.41) is 36.3. The van der Waals surface area contributed by atoms with Crippen LogP contribution in [-0.2, 0) is 17.8 Å². The normalized spacial score (nSPS) is 10.6. The lowest BCUT2D eigenvalue weighted by Gasteiger charge is -2.13. The minimum Gasteiger partial charge on any atom is -0.505 e. The Morgan fingerprint density at radius 1 is 1.09 bits per heavy atom. The highest BCUT2D eigenvalue weighted by Crippen LogP contribution is 2.23. The van der Waals surface area contributed by atoms with Gasteiger partial charge in [0.25, 0.3) is 17.2 Å². The Morgan fingerprint density at radius 2 is 1.68 bits per heavy atom. The molecule has 3 N–H and O–H groups in total. The summed E-state index contributed by atoms with van der Waals surface area (Å²) in [4.78, 5) is 46.4. The number of nitro benzene ring substituents is 1. The lowest BCUT2D eigenvalue weighted by atomic mass is 10.0. The number of carboxylic acid groups (broad SMARTS) is 1. The Hall–Kier alpha value is -4.54. The fourth-order valence-electron chi connectivity index (χ4n) is 3.33. The number of benzene rings is 2. The number of carboxylic acids is 1. The van der Waals surface area contributed by atoms with E-state index in [2.05, 4.69) is 10.4 Å². The second-order valence-corrected chi connectivity index (χ2v) is 7.46. The first-order valence-corrected chi connectivity index (χ1v) is 10.4. The van der Waals surface area contributed by atoms with Gasteiger partial charge >= 0.3 is 5.97 Å². The van der Waals surface area contributed by atoms with Gasteiger partial charge in [0, 0.05) is 12.1 Å². The molecule has 11 heteroatoms. The van der Waals surface area contributed by atoms with Gasteiger partial charge in [-0.1, -0.05) is 37.6 Å². The largest absolute Gasteiger partial charge is 0.505 e. The van der Waals surface area contributed by atoms with Crippen LogP contribution >= 0.6 is 0 Å². The zero-order chi connectivity index (χ0) is 24.8. The zero-order valence-electron chi connectivity index (χ0n) is 18.2. The Labute approximate surface area is 193 Å². The second-order valence-electron chi connectivity index (χ2n) is 7.46. The number of aromatic hydroxyl groups is 1. The number of amides is 1. The van der Waals surface area contributed by atoms with E-state index in [9.17, 15) is 29.6 Å². The van der Waals surface area contributed by atoms with Crippen molar-refractivity contribution in [1.82, 2.24) is 15.1 Å². The fourth-order valence-corrected chi connectivity index (χ4v) is 3.33. The first kappa shape index (κ1) is 24.1. The highest BCUT2D eigenvalue weighted by atomic mass is 16.6. The summed E-state index contributed by atoms with van der Waals surface area (Å²) >= 11 is 0. The SMILES string of the molecule is CCCc1nn(Cc2ccc(-c3ccc([N+](=O)[O-])cc3)cc2)c(=O)c(C(=O)NCC(=O)O)c1O. The molecule has 11 nitrogen and oxygen atoms in total. The molecule has 0 aliphatic heterocycles. The first-order chi connectivity index (χ1) is 16.2. The van der Waals surface area contributed by atoms with Crippen LogP contribution in [-0.4, -0.2) is 43.3 Å². The molecular formula is C23H22N4O7. The van der Waals surface area contributed by atoms with E-state index >= 15 is 0 Å². The predicted octanol–water partition coefficient (Wildman–Crippen LogP) is 2.34. The third-order valence-corrected chi connectivity index (χ3v) is 5.01. The standard InChI is InChI=1S/C23H22N4O7/c1-2-3-18-21(30)20(22(31)24-12-19(28)29)23(32)26(25-18)13-14-4-6-15(7-5-14)16-8-10-17(11-9-16)27(33)34/h4-11,30H,2-3,12-13H2,1H3,(H,24,31)(H,28,29). The summed E-state index contributed by atoms with van der Waals surface area (Å²) < 4.78 is 1.06. The number of aliphatic carboxylic acids is 1. The Morgan fingerprint density at radius 3 is 2.21 bits per heavy atom. The quantitative estimate of drug-likeness (QED) is 0.319. The smallest absolute Gasteiger partial charge is 0.322 e. The summed E-state index contributed by atoms with van der Waals surface area (Å²) in [7, 11) is 0. The third-order valence-electron chi connectivity index (χ3n) is 5.01. The number of hydrogen-bond donors (Lipinski definition) is 3. The average molecular weight is 466 g/mol. The van der Waals surface area contributed by atoms with Gasteiger partial charge in [-0.15, -0.1) is 0 Å². The van der Waals surface area contributed by atoms with Crippen molar-refractivity contribution < 1.29 is 24.7 Å². The summed E-state index contributed by atoms with van der Waals surface area (Å²) in [6, 6.07) is 13.2. The highest BCUT2D eigenvalue weighted by molar-refractivity contribution is 5.98. The van der Waals surface area contributed by atoms with Crippen LogP contribution in [0.1, 0.15) is 35.0 Å². The molecule has 176 valence electrons. The molecule has 0 aliphatic rings. The number of aryl methyl sites for hydroxylation is 1.